The molecule has 92 valence electrons. The summed E-state index contributed by atoms with van der Waals surface area (Å²) in [6.07, 6.45) is 3.71. The molecule has 0 amide bonds. The third-order valence-corrected chi connectivity index (χ3v) is 2.62. The lowest BCUT2D eigenvalue weighted by molar-refractivity contribution is 0.413. The van der Waals surface area contributed by atoms with E-state index in [1.165, 1.54) is 0 Å². The second-order valence-electron chi connectivity index (χ2n) is 4.15. The second kappa shape index (κ2) is 4.67. The molecule has 0 saturated carbocycles. The second-order valence-corrected chi connectivity index (χ2v) is 4.15. The van der Waals surface area contributed by atoms with Gasteiger partial charge >= 0.3 is 0 Å². The zero-order valence-electron chi connectivity index (χ0n) is 10.3. The Labute approximate surface area is 99.8 Å². The van der Waals surface area contributed by atoms with E-state index in [-0.39, 0.29) is 6.04 Å². The van der Waals surface area contributed by atoms with Gasteiger partial charge in [-0.2, -0.15) is 10.1 Å². The largest absolute Gasteiger partial charge is 0.334 e. The minimum atomic E-state index is -0.158. The fourth-order valence-corrected chi connectivity index (χ4v) is 1.74. The summed E-state index contributed by atoms with van der Waals surface area (Å²) >= 11 is 0. The Balaban J connectivity index is 2.26. The SMILES string of the molecule is CCCC(N)c1noc(-c2cn(C)nc2C)n1. The number of nitrogens with zero attached hydrogens (tertiary/aromatic N) is 4. The van der Waals surface area contributed by atoms with Gasteiger partial charge in [-0.1, -0.05) is 18.5 Å². The molecule has 0 bridgehead atoms. The number of hydrogen-bond acceptors (Lipinski definition) is 5. The van der Waals surface area contributed by atoms with Crippen LogP contribution in [0.25, 0.3) is 11.5 Å². The van der Waals surface area contributed by atoms with Gasteiger partial charge in [0.1, 0.15) is 0 Å². The molecule has 2 heterocycles. The molecular formula is C11H17N5O. The van der Waals surface area contributed by atoms with Crippen molar-refractivity contribution in [1.82, 2.24) is 19.9 Å². The van der Waals surface area contributed by atoms with E-state index in [4.69, 9.17) is 10.3 Å². The molecule has 0 aliphatic heterocycles. The Morgan fingerprint density at radius 3 is 2.88 bits per heavy atom. The van der Waals surface area contributed by atoms with Gasteiger partial charge < -0.3 is 10.3 Å². The molecule has 0 saturated heterocycles. The van der Waals surface area contributed by atoms with Crippen molar-refractivity contribution in [3.05, 3.63) is 17.7 Å². The van der Waals surface area contributed by atoms with Crippen molar-refractivity contribution < 1.29 is 4.52 Å². The fourth-order valence-electron chi connectivity index (χ4n) is 1.74. The third kappa shape index (κ3) is 2.36. The van der Waals surface area contributed by atoms with Crippen LogP contribution in [0.5, 0.6) is 0 Å². The highest BCUT2D eigenvalue weighted by Crippen LogP contribution is 2.22. The maximum absolute atomic E-state index is 5.93. The molecule has 1 atom stereocenters. The summed E-state index contributed by atoms with van der Waals surface area (Å²) in [4.78, 5) is 4.32. The predicted molar refractivity (Wildman–Crippen MR) is 63.1 cm³/mol. The monoisotopic (exact) mass is 235 g/mol. The van der Waals surface area contributed by atoms with Crippen molar-refractivity contribution in [2.75, 3.05) is 0 Å². The molecule has 17 heavy (non-hydrogen) atoms. The number of hydrogen-bond donors (Lipinski definition) is 1. The lowest BCUT2D eigenvalue weighted by Crippen LogP contribution is -2.11. The maximum Gasteiger partial charge on any atom is 0.261 e. The lowest BCUT2D eigenvalue weighted by Gasteiger charge is -2.02. The highest BCUT2D eigenvalue weighted by atomic mass is 16.5. The lowest BCUT2D eigenvalue weighted by atomic mass is 10.2. The van der Waals surface area contributed by atoms with E-state index in [1.807, 2.05) is 20.2 Å². The molecule has 2 aromatic rings. The van der Waals surface area contributed by atoms with E-state index < -0.39 is 0 Å². The molecule has 2 aromatic heterocycles. The van der Waals surface area contributed by atoms with Gasteiger partial charge in [0.05, 0.1) is 17.3 Å². The van der Waals surface area contributed by atoms with Crippen LogP contribution in [0, 0.1) is 6.92 Å². The first kappa shape index (κ1) is 11.8. The van der Waals surface area contributed by atoms with Crippen LogP contribution in [0.4, 0.5) is 0 Å². The van der Waals surface area contributed by atoms with Gasteiger partial charge in [-0.3, -0.25) is 4.68 Å². The molecule has 0 radical (unpaired) electrons. The van der Waals surface area contributed by atoms with Crippen molar-refractivity contribution in [2.45, 2.75) is 32.7 Å². The zero-order chi connectivity index (χ0) is 12.4. The Morgan fingerprint density at radius 1 is 1.53 bits per heavy atom. The average Bonchev–Trinajstić information content (AvgIpc) is 2.85. The van der Waals surface area contributed by atoms with E-state index in [1.54, 1.807) is 4.68 Å². The van der Waals surface area contributed by atoms with Gasteiger partial charge in [0.15, 0.2) is 5.82 Å². The predicted octanol–water partition coefficient (Wildman–Crippen LogP) is 1.58. The molecule has 0 fully saturated rings. The molecule has 0 aliphatic rings. The summed E-state index contributed by atoms with van der Waals surface area (Å²) in [5.74, 6) is 1.04. The van der Waals surface area contributed by atoms with Crippen LogP contribution in [0.1, 0.15) is 37.3 Å². The van der Waals surface area contributed by atoms with Crippen LogP contribution in [0.15, 0.2) is 10.7 Å². The first-order valence-corrected chi connectivity index (χ1v) is 5.71. The molecule has 2 N–H and O–H groups in total. The van der Waals surface area contributed by atoms with Gasteiger partial charge in [-0.25, -0.2) is 0 Å². The number of rotatable bonds is 4. The van der Waals surface area contributed by atoms with E-state index in [0.29, 0.717) is 11.7 Å². The van der Waals surface area contributed by atoms with E-state index in [2.05, 4.69) is 22.2 Å². The number of nitrogens with two attached hydrogens (primary N) is 1. The summed E-state index contributed by atoms with van der Waals surface area (Å²) in [6.45, 7) is 3.98. The topological polar surface area (TPSA) is 82.8 Å². The van der Waals surface area contributed by atoms with E-state index in [0.717, 1.165) is 24.1 Å². The average molecular weight is 235 g/mol. The first-order valence-electron chi connectivity index (χ1n) is 5.71. The summed E-state index contributed by atoms with van der Waals surface area (Å²) in [7, 11) is 1.86. The molecule has 0 spiro atoms. The minimum Gasteiger partial charge on any atom is -0.334 e. The quantitative estimate of drug-likeness (QED) is 0.869. The van der Waals surface area contributed by atoms with Crippen molar-refractivity contribution in [2.24, 2.45) is 12.8 Å². The first-order chi connectivity index (χ1) is 8.11. The van der Waals surface area contributed by atoms with E-state index in [9.17, 15) is 0 Å². The number of aromatic nitrogens is 4. The fraction of sp³-hybridized carbons (Fsp3) is 0.545. The van der Waals surface area contributed by atoms with Gasteiger partial charge in [-0.15, -0.1) is 0 Å². The zero-order valence-corrected chi connectivity index (χ0v) is 10.3. The van der Waals surface area contributed by atoms with Gasteiger partial charge in [0.2, 0.25) is 0 Å². The van der Waals surface area contributed by atoms with Crippen molar-refractivity contribution in [3.63, 3.8) is 0 Å². The standard InChI is InChI=1S/C11H17N5O/c1-4-5-9(12)10-13-11(17-15-10)8-6-16(3)14-7(8)2/h6,9H,4-5,12H2,1-3H3. The molecule has 6 heteroatoms. The van der Waals surface area contributed by atoms with Gasteiger partial charge in [-0.05, 0) is 13.3 Å². The van der Waals surface area contributed by atoms with Crippen LogP contribution in [0.3, 0.4) is 0 Å². The highest BCUT2D eigenvalue weighted by molar-refractivity contribution is 5.54. The van der Waals surface area contributed by atoms with Crippen LogP contribution >= 0.6 is 0 Å². The van der Waals surface area contributed by atoms with Crippen LogP contribution in [-0.2, 0) is 7.05 Å². The smallest absolute Gasteiger partial charge is 0.261 e. The third-order valence-electron chi connectivity index (χ3n) is 2.62. The maximum atomic E-state index is 5.93. The molecule has 0 aromatic carbocycles. The van der Waals surface area contributed by atoms with Crippen LogP contribution in [-0.4, -0.2) is 19.9 Å². The Morgan fingerprint density at radius 2 is 2.29 bits per heavy atom. The Kier molecular flexibility index (Phi) is 3.23. The molecule has 2 rings (SSSR count). The summed E-state index contributed by atoms with van der Waals surface area (Å²) in [5.41, 5.74) is 7.66. The summed E-state index contributed by atoms with van der Waals surface area (Å²) in [6, 6.07) is -0.158. The Bertz CT molecular complexity index is 502. The van der Waals surface area contributed by atoms with Crippen molar-refractivity contribution in [3.8, 4) is 11.5 Å². The van der Waals surface area contributed by atoms with Crippen LogP contribution in [0.2, 0.25) is 0 Å². The Hall–Kier alpha value is -1.69. The van der Waals surface area contributed by atoms with E-state index >= 15 is 0 Å². The molecule has 1 unspecified atom stereocenters. The van der Waals surface area contributed by atoms with Gasteiger partial charge in [0.25, 0.3) is 5.89 Å². The highest BCUT2D eigenvalue weighted by Gasteiger charge is 2.17. The van der Waals surface area contributed by atoms with Crippen LogP contribution < -0.4 is 5.73 Å². The molecular weight excluding hydrogens is 218 g/mol. The summed E-state index contributed by atoms with van der Waals surface area (Å²) in [5, 5.41) is 8.15. The normalized spacial score (nSPS) is 12.9. The molecule has 0 aliphatic carbocycles. The van der Waals surface area contributed by atoms with Crippen molar-refractivity contribution >= 4 is 0 Å². The minimum absolute atomic E-state index is 0.158. The molecule has 6 nitrogen and oxygen atoms in total. The van der Waals surface area contributed by atoms with Gasteiger partial charge in [0, 0.05) is 13.2 Å². The van der Waals surface area contributed by atoms with Crippen molar-refractivity contribution in [1.29, 1.82) is 0 Å². The summed E-state index contributed by atoms with van der Waals surface area (Å²) < 4.78 is 6.94. The number of aryl methyl sites for hydroxylation is 2.